The van der Waals surface area contributed by atoms with E-state index in [1.165, 1.54) is 20.0 Å². The van der Waals surface area contributed by atoms with Crippen LogP contribution in [-0.4, -0.2) is 68.9 Å². The Morgan fingerprint density at radius 2 is 1.97 bits per heavy atom. The van der Waals surface area contributed by atoms with Gasteiger partial charge < -0.3 is 19.9 Å². The van der Waals surface area contributed by atoms with E-state index in [1.54, 1.807) is 12.3 Å². The summed E-state index contributed by atoms with van der Waals surface area (Å²) in [6.07, 6.45) is 6.08. The van der Waals surface area contributed by atoms with Crippen molar-refractivity contribution >= 4 is 28.7 Å². The van der Waals surface area contributed by atoms with Crippen molar-refractivity contribution in [2.45, 2.75) is 25.8 Å². The lowest BCUT2D eigenvalue weighted by Gasteiger charge is -2.34. The zero-order valence-corrected chi connectivity index (χ0v) is 21.3. The topological polar surface area (TPSA) is 99.3 Å². The maximum atomic E-state index is 14.4. The summed E-state index contributed by atoms with van der Waals surface area (Å²) in [5.74, 6) is 2.11. The molecule has 38 heavy (non-hydrogen) atoms. The molecule has 2 aliphatic rings. The van der Waals surface area contributed by atoms with Crippen LogP contribution in [0.2, 0.25) is 0 Å². The summed E-state index contributed by atoms with van der Waals surface area (Å²) in [4.78, 5) is 33.0. The predicted molar refractivity (Wildman–Crippen MR) is 143 cm³/mol. The Morgan fingerprint density at radius 3 is 2.76 bits per heavy atom. The molecule has 2 fully saturated rings. The number of nitrogens with zero attached hydrogens (tertiary/aromatic N) is 5. The van der Waals surface area contributed by atoms with Gasteiger partial charge in [-0.2, -0.15) is 0 Å². The summed E-state index contributed by atoms with van der Waals surface area (Å²) in [5, 5.41) is 3.25. The number of hydrogen-bond donors (Lipinski definition) is 2. The molecule has 9 nitrogen and oxygen atoms in total. The van der Waals surface area contributed by atoms with Crippen LogP contribution in [-0.2, 0) is 11.3 Å². The third-order valence-electron chi connectivity index (χ3n) is 7.19. The summed E-state index contributed by atoms with van der Waals surface area (Å²) in [7, 11) is 1.50. The lowest BCUT2D eigenvalue weighted by molar-refractivity contribution is -0.133. The molecule has 1 saturated carbocycles. The van der Waals surface area contributed by atoms with Crippen LogP contribution in [0.4, 0.5) is 16.2 Å². The number of imidazole rings is 1. The number of carbonyl (C=O) groups is 1. The SMILES string of the molecule is COc1cc(-c2ccc3nc(Nc4cc(CN5CCN(C(=O)CC6CC6)CC5)ccn4)[nH]c3c2)c(F)cn1. The Morgan fingerprint density at radius 1 is 1.13 bits per heavy atom. The Labute approximate surface area is 220 Å². The van der Waals surface area contributed by atoms with Crippen molar-refractivity contribution in [1.82, 2.24) is 29.7 Å². The number of hydrogen-bond acceptors (Lipinski definition) is 7. The standard InChI is InChI=1S/C28H30FN7O2/c1-38-26-15-21(22(29)16-31-26)20-4-5-23-24(14-20)33-28(32-23)34-25-12-19(6-7-30-25)17-35-8-10-36(11-9-35)27(37)13-18-2-3-18/h4-7,12,14-16,18H,2-3,8-11,13,17H2,1H3,(H2,30,32,33,34). The summed E-state index contributed by atoms with van der Waals surface area (Å²) < 4.78 is 19.5. The van der Waals surface area contributed by atoms with E-state index >= 15 is 0 Å². The molecule has 1 amide bonds. The van der Waals surface area contributed by atoms with Crippen molar-refractivity contribution in [1.29, 1.82) is 0 Å². The smallest absolute Gasteiger partial charge is 0.222 e. The quantitative estimate of drug-likeness (QED) is 0.360. The second-order valence-electron chi connectivity index (χ2n) is 10.0. The number of halogens is 1. The zero-order valence-electron chi connectivity index (χ0n) is 21.3. The summed E-state index contributed by atoms with van der Waals surface area (Å²) in [5.41, 5.74) is 3.76. The molecule has 10 heteroatoms. The number of benzene rings is 1. The van der Waals surface area contributed by atoms with Crippen LogP contribution in [0.1, 0.15) is 24.8 Å². The van der Waals surface area contributed by atoms with Gasteiger partial charge in [0.2, 0.25) is 17.7 Å². The fourth-order valence-electron chi connectivity index (χ4n) is 4.86. The van der Waals surface area contributed by atoms with Gasteiger partial charge in [-0.3, -0.25) is 9.69 Å². The molecule has 196 valence electrons. The fraction of sp³-hybridized carbons (Fsp3) is 0.357. The van der Waals surface area contributed by atoms with Gasteiger partial charge in [-0.05, 0) is 54.2 Å². The van der Waals surface area contributed by atoms with Crippen molar-refractivity contribution in [2.75, 3.05) is 38.6 Å². The molecule has 4 aromatic rings. The lowest BCUT2D eigenvalue weighted by atomic mass is 10.1. The molecule has 6 rings (SSSR count). The maximum Gasteiger partial charge on any atom is 0.222 e. The first-order chi connectivity index (χ1) is 18.5. The number of anilines is 2. The van der Waals surface area contributed by atoms with Crippen molar-refractivity contribution in [2.24, 2.45) is 5.92 Å². The molecule has 0 spiro atoms. The van der Waals surface area contributed by atoms with Crippen LogP contribution in [0.5, 0.6) is 5.88 Å². The molecule has 0 unspecified atom stereocenters. The molecule has 1 aliphatic heterocycles. The Balaban J connectivity index is 1.10. The van der Waals surface area contributed by atoms with Crippen molar-refractivity contribution < 1.29 is 13.9 Å². The van der Waals surface area contributed by atoms with Gasteiger partial charge in [0, 0.05) is 57.0 Å². The second-order valence-corrected chi connectivity index (χ2v) is 10.0. The maximum absolute atomic E-state index is 14.4. The number of piperazine rings is 1. The largest absolute Gasteiger partial charge is 0.481 e. The first kappa shape index (κ1) is 24.3. The molecule has 4 heterocycles. The van der Waals surface area contributed by atoms with Crippen LogP contribution >= 0.6 is 0 Å². The molecule has 3 aromatic heterocycles. The normalized spacial score (nSPS) is 16.1. The Hall–Kier alpha value is -4.05. The van der Waals surface area contributed by atoms with Crippen LogP contribution in [0.25, 0.3) is 22.2 Å². The van der Waals surface area contributed by atoms with Crippen molar-refractivity contribution in [3.8, 4) is 17.0 Å². The van der Waals surface area contributed by atoms with Gasteiger partial charge in [0.05, 0.1) is 24.3 Å². The monoisotopic (exact) mass is 515 g/mol. The van der Waals surface area contributed by atoms with Gasteiger partial charge in [0.25, 0.3) is 0 Å². The van der Waals surface area contributed by atoms with Crippen LogP contribution in [0.15, 0.2) is 48.8 Å². The minimum absolute atomic E-state index is 0.311. The van der Waals surface area contributed by atoms with Crippen molar-refractivity contribution in [3.63, 3.8) is 0 Å². The number of rotatable bonds is 8. The molecular weight excluding hydrogens is 485 g/mol. The highest BCUT2D eigenvalue weighted by molar-refractivity contribution is 5.84. The molecule has 1 aliphatic carbocycles. The minimum atomic E-state index is -0.421. The van der Waals surface area contributed by atoms with E-state index in [2.05, 4.69) is 30.2 Å². The number of aromatic nitrogens is 4. The molecule has 1 aromatic carbocycles. The number of pyridine rings is 2. The molecule has 1 saturated heterocycles. The second kappa shape index (κ2) is 10.4. The van der Waals surface area contributed by atoms with Crippen LogP contribution in [0, 0.1) is 11.7 Å². The molecular formula is C28H30FN7O2. The van der Waals surface area contributed by atoms with Gasteiger partial charge in [0.1, 0.15) is 11.6 Å². The number of ether oxygens (including phenoxy) is 1. The summed E-state index contributed by atoms with van der Waals surface area (Å²) >= 11 is 0. The summed E-state index contributed by atoms with van der Waals surface area (Å²) in [6.45, 7) is 4.12. The van der Waals surface area contributed by atoms with E-state index in [0.717, 1.165) is 61.9 Å². The van der Waals surface area contributed by atoms with Gasteiger partial charge in [0.15, 0.2) is 0 Å². The molecule has 0 atom stereocenters. The highest BCUT2D eigenvalue weighted by Crippen LogP contribution is 2.33. The molecule has 2 N–H and O–H groups in total. The average Bonchev–Trinajstić information content (AvgIpc) is 3.65. The number of H-pyrrole nitrogens is 1. The third kappa shape index (κ3) is 5.45. The van der Waals surface area contributed by atoms with Crippen LogP contribution in [0.3, 0.4) is 0 Å². The number of aromatic amines is 1. The van der Waals surface area contributed by atoms with E-state index < -0.39 is 5.82 Å². The van der Waals surface area contributed by atoms with Gasteiger partial charge in [-0.1, -0.05) is 6.07 Å². The number of carbonyl (C=O) groups excluding carboxylic acids is 1. The van der Waals surface area contributed by atoms with Gasteiger partial charge in [-0.15, -0.1) is 0 Å². The highest BCUT2D eigenvalue weighted by Gasteiger charge is 2.28. The fourth-order valence-corrected chi connectivity index (χ4v) is 4.86. The van der Waals surface area contributed by atoms with E-state index in [0.29, 0.717) is 40.6 Å². The minimum Gasteiger partial charge on any atom is -0.481 e. The van der Waals surface area contributed by atoms with E-state index in [-0.39, 0.29) is 0 Å². The average molecular weight is 516 g/mol. The predicted octanol–water partition coefficient (Wildman–Crippen LogP) is 4.36. The van der Waals surface area contributed by atoms with E-state index in [1.807, 2.05) is 35.2 Å². The van der Waals surface area contributed by atoms with E-state index in [4.69, 9.17) is 4.74 Å². The van der Waals surface area contributed by atoms with Gasteiger partial charge in [-0.25, -0.2) is 19.3 Å². The Bertz CT molecular complexity index is 1460. The zero-order chi connectivity index (χ0) is 26.1. The molecule has 0 radical (unpaired) electrons. The highest BCUT2D eigenvalue weighted by atomic mass is 19.1. The van der Waals surface area contributed by atoms with Crippen molar-refractivity contribution in [3.05, 3.63) is 60.2 Å². The van der Waals surface area contributed by atoms with Crippen LogP contribution < -0.4 is 10.1 Å². The third-order valence-corrected chi connectivity index (χ3v) is 7.19. The van der Waals surface area contributed by atoms with Gasteiger partial charge >= 0.3 is 0 Å². The number of amides is 1. The number of fused-ring (bicyclic) bond motifs is 1. The lowest BCUT2D eigenvalue weighted by Crippen LogP contribution is -2.48. The first-order valence-electron chi connectivity index (χ1n) is 13.0. The van der Waals surface area contributed by atoms with E-state index in [9.17, 15) is 9.18 Å². The Kier molecular flexibility index (Phi) is 6.63. The number of methoxy groups -OCH3 is 1. The first-order valence-corrected chi connectivity index (χ1v) is 13.0. The number of nitrogens with one attached hydrogen (secondary N) is 2. The summed E-state index contributed by atoms with van der Waals surface area (Å²) in [6, 6.07) is 11.1. The molecule has 0 bridgehead atoms.